The molecule has 1 aromatic rings. The summed E-state index contributed by atoms with van der Waals surface area (Å²) in [6.45, 7) is 1.92. The zero-order chi connectivity index (χ0) is 11.3. The van der Waals surface area contributed by atoms with Crippen LogP contribution in [0.15, 0.2) is 30.3 Å². The van der Waals surface area contributed by atoms with Gasteiger partial charge in [-0.3, -0.25) is 0 Å². The van der Waals surface area contributed by atoms with Crippen molar-refractivity contribution in [2.45, 2.75) is 6.92 Å². The predicted octanol–water partition coefficient (Wildman–Crippen LogP) is -1.39. The summed E-state index contributed by atoms with van der Waals surface area (Å²) in [4.78, 5) is 11.0. The van der Waals surface area contributed by atoms with Crippen LogP contribution in [0.25, 0.3) is 5.76 Å². The molecule has 0 aliphatic rings. The number of esters is 1. The van der Waals surface area contributed by atoms with Gasteiger partial charge in [0.15, 0.2) is 0 Å². The summed E-state index contributed by atoms with van der Waals surface area (Å²) < 4.78 is 4.62. The van der Waals surface area contributed by atoms with Crippen molar-refractivity contribution >= 4 is 23.3 Å². The fraction of sp³-hybridized carbons (Fsp3) is 0.182. The van der Waals surface area contributed by atoms with Crippen molar-refractivity contribution in [1.82, 2.24) is 0 Å². The Balaban J connectivity index is 0.00000225. The van der Waals surface area contributed by atoms with Crippen LogP contribution < -0.4 is 24.0 Å². The number of rotatable bonds is 3. The van der Waals surface area contributed by atoms with Gasteiger partial charge in [0, 0.05) is 11.1 Å². The number of benzene rings is 1. The fourth-order valence-electron chi connectivity index (χ4n) is 1.02. The third kappa shape index (κ3) is 4.76. The van der Waals surface area contributed by atoms with Gasteiger partial charge in [0.25, 0.3) is 0 Å². The normalized spacial score (nSPS) is 10.5. The van der Waals surface area contributed by atoms with E-state index in [1.54, 1.807) is 25.1 Å². The zero-order valence-electron chi connectivity index (χ0n) is 9.20. The standard InChI is InChI=1S/C11H11ClO3.Li/c1-2-15-11(14)7-10(13)8-4-3-5-9(12)6-8;/h3-7,13H,2H2,1H3;/q;+1/p-1/b10-7-;. The Labute approximate surface area is 111 Å². The molecular formula is C11H10ClLiO3. The third-order valence-corrected chi connectivity index (χ3v) is 1.88. The first kappa shape index (κ1) is 15.1. The van der Waals surface area contributed by atoms with E-state index in [0.29, 0.717) is 10.6 Å². The second-order valence-corrected chi connectivity index (χ2v) is 3.21. The predicted molar refractivity (Wildman–Crippen MR) is 56.1 cm³/mol. The van der Waals surface area contributed by atoms with Crippen molar-refractivity contribution in [2.24, 2.45) is 0 Å². The van der Waals surface area contributed by atoms with Crippen LogP contribution in [-0.4, -0.2) is 12.6 Å². The van der Waals surface area contributed by atoms with E-state index < -0.39 is 11.7 Å². The molecule has 0 aliphatic heterocycles. The maximum atomic E-state index is 11.5. The van der Waals surface area contributed by atoms with Gasteiger partial charge < -0.3 is 9.84 Å². The fourth-order valence-corrected chi connectivity index (χ4v) is 1.21. The molecule has 0 bridgehead atoms. The van der Waals surface area contributed by atoms with Crippen LogP contribution in [-0.2, 0) is 9.53 Å². The number of hydrogen-bond acceptors (Lipinski definition) is 3. The molecule has 0 spiro atoms. The van der Waals surface area contributed by atoms with E-state index in [-0.39, 0.29) is 25.5 Å². The first-order chi connectivity index (χ1) is 7.13. The summed E-state index contributed by atoms with van der Waals surface area (Å²) in [6, 6.07) is 6.39. The molecule has 1 aromatic carbocycles. The summed E-state index contributed by atoms with van der Waals surface area (Å²) in [7, 11) is 0. The summed E-state index contributed by atoms with van der Waals surface area (Å²) in [5.41, 5.74) is 0.371. The van der Waals surface area contributed by atoms with Crippen molar-refractivity contribution in [3.05, 3.63) is 40.9 Å². The van der Waals surface area contributed by atoms with Crippen molar-refractivity contribution in [3.8, 4) is 0 Å². The van der Waals surface area contributed by atoms with E-state index in [4.69, 9.17) is 11.6 Å². The maximum absolute atomic E-state index is 11.5. The minimum absolute atomic E-state index is 0. The second kappa shape index (κ2) is 7.40. The van der Waals surface area contributed by atoms with E-state index in [1.807, 2.05) is 0 Å². The topological polar surface area (TPSA) is 49.4 Å². The number of ether oxygens (including phenoxy) is 1. The Hall–Kier alpha value is -0.883. The molecule has 0 unspecified atom stereocenters. The van der Waals surface area contributed by atoms with Gasteiger partial charge in [0.1, 0.15) is 0 Å². The van der Waals surface area contributed by atoms with Gasteiger partial charge in [-0.15, -0.1) is 0 Å². The molecule has 0 saturated heterocycles. The third-order valence-electron chi connectivity index (χ3n) is 1.64. The number of halogens is 1. The van der Waals surface area contributed by atoms with Gasteiger partial charge in [0.05, 0.1) is 6.61 Å². The van der Waals surface area contributed by atoms with Crippen LogP contribution in [0.5, 0.6) is 0 Å². The van der Waals surface area contributed by atoms with Crippen LogP contribution in [0, 0.1) is 0 Å². The van der Waals surface area contributed by atoms with E-state index in [1.165, 1.54) is 6.07 Å². The van der Waals surface area contributed by atoms with Gasteiger partial charge in [-0.05, 0) is 24.6 Å². The van der Waals surface area contributed by atoms with Crippen molar-refractivity contribution in [2.75, 3.05) is 6.61 Å². The van der Waals surface area contributed by atoms with Crippen LogP contribution >= 0.6 is 11.6 Å². The number of hydrogen-bond donors (Lipinski definition) is 0. The van der Waals surface area contributed by atoms with E-state index in [2.05, 4.69) is 4.74 Å². The molecule has 0 saturated carbocycles. The molecule has 0 fully saturated rings. The zero-order valence-corrected chi connectivity index (χ0v) is 9.95. The average molecular weight is 233 g/mol. The van der Waals surface area contributed by atoms with Crippen LogP contribution in [0.3, 0.4) is 0 Å². The molecule has 80 valence electrons. The summed E-state index contributed by atoms with van der Waals surface area (Å²) >= 11 is 5.70. The molecule has 5 heteroatoms. The molecule has 0 amide bonds. The molecule has 0 aliphatic carbocycles. The summed E-state index contributed by atoms with van der Waals surface area (Å²) in [5, 5.41) is 11.9. The van der Waals surface area contributed by atoms with Crippen LogP contribution in [0.4, 0.5) is 0 Å². The number of carbonyl (C=O) groups is 1. The van der Waals surface area contributed by atoms with E-state index in [0.717, 1.165) is 6.08 Å². The van der Waals surface area contributed by atoms with Gasteiger partial charge in [0.2, 0.25) is 0 Å². The Bertz CT molecular complexity index is 391. The summed E-state index contributed by atoms with van der Waals surface area (Å²) in [5.74, 6) is -1.04. The van der Waals surface area contributed by atoms with E-state index in [9.17, 15) is 9.90 Å². The Morgan fingerprint density at radius 1 is 1.56 bits per heavy atom. The summed E-state index contributed by atoms with van der Waals surface area (Å²) in [6.07, 6.45) is 0.912. The Morgan fingerprint density at radius 2 is 2.25 bits per heavy atom. The Morgan fingerprint density at radius 3 is 2.81 bits per heavy atom. The second-order valence-electron chi connectivity index (χ2n) is 2.77. The molecule has 0 aromatic heterocycles. The maximum Gasteiger partial charge on any atom is 1.00 e. The average Bonchev–Trinajstić information content (AvgIpc) is 2.18. The minimum atomic E-state index is -0.637. The van der Waals surface area contributed by atoms with Crippen LogP contribution in [0.2, 0.25) is 5.02 Å². The van der Waals surface area contributed by atoms with Gasteiger partial charge in [-0.25, -0.2) is 4.79 Å². The van der Waals surface area contributed by atoms with Gasteiger partial charge >= 0.3 is 24.8 Å². The SMILES string of the molecule is CCOC(=O)/C=C(\[O-])c1cccc(Cl)c1.[Li+]. The molecule has 1 rings (SSSR count). The van der Waals surface area contributed by atoms with Crippen LogP contribution in [0.1, 0.15) is 12.5 Å². The molecule has 3 nitrogen and oxygen atoms in total. The Kier molecular flexibility index (Phi) is 6.99. The largest absolute Gasteiger partial charge is 1.00 e. The molecule has 0 N–H and O–H groups in total. The smallest absolute Gasteiger partial charge is 0.872 e. The molecule has 0 atom stereocenters. The van der Waals surface area contributed by atoms with Crippen molar-refractivity contribution in [3.63, 3.8) is 0 Å². The number of carbonyl (C=O) groups excluding carboxylic acids is 1. The van der Waals surface area contributed by atoms with E-state index >= 15 is 0 Å². The molecular weight excluding hydrogens is 223 g/mol. The minimum Gasteiger partial charge on any atom is -0.872 e. The van der Waals surface area contributed by atoms with Crippen molar-refractivity contribution in [1.29, 1.82) is 0 Å². The first-order valence-corrected chi connectivity index (χ1v) is 4.82. The molecule has 0 radical (unpaired) electrons. The first-order valence-electron chi connectivity index (χ1n) is 4.45. The molecule has 0 heterocycles. The van der Waals surface area contributed by atoms with Crippen molar-refractivity contribution < 1.29 is 33.5 Å². The quantitative estimate of drug-likeness (QED) is 0.279. The molecule has 16 heavy (non-hydrogen) atoms. The van der Waals surface area contributed by atoms with Gasteiger partial charge in [-0.1, -0.05) is 29.5 Å². The van der Waals surface area contributed by atoms with Gasteiger partial charge in [-0.2, -0.15) is 0 Å². The monoisotopic (exact) mass is 232 g/mol.